The monoisotopic (exact) mass is 722 g/mol. The number of aromatic nitrogens is 1. The number of carbonyl (C=O) groups excluding carboxylic acids is 1. The predicted molar refractivity (Wildman–Crippen MR) is 174 cm³/mol. The highest BCUT2D eigenvalue weighted by Gasteiger charge is 2.44. The van der Waals surface area contributed by atoms with Crippen molar-refractivity contribution < 1.29 is 72.8 Å². The molecule has 0 radical (unpaired) electrons. The highest BCUT2D eigenvalue weighted by atomic mass is 32.2. The van der Waals surface area contributed by atoms with Crippen LogP contribution in [0, 0.1) is 18.7 Å². The number of rotatable bonds is 14. The first-order valence-corrected chi connectivity index (χ1v) is 16.3. The summed E-state index contributed by atoms with van der Waals surface area (Å²) in [6, 6.07) is 4.55. The normalized spacial score (nSPS) is 33.9. The number of amides is 1. The Balaban J connectivity index is 1.43. The van der Waals surface area contributed by atoms with Gasteiger partial charge in [-0.25, -0.2) is 18.2 Å². The van der Waals surface area contributed by atoms with E-state index in [0.717, 1.165) is 17.4 Å². The minimum absolute atomic E-state index is 0.00626. The molecular formula is C33H41N3O10S2. The van der Waals surface area contributed by atoms with Gasteiger partial charge >= 0.3 is 6.09 Å². The number of alkyl carbamates (subject to hydrolysis) is 1. The highest BCUT2D eigenvalue weighted by Crippen LogP contribution is 2.35. The van der Waals surface area contributed by atoms with E-state index >= 15 is 0 Å². The van der Waals surface area contributed by atoms with Gasteiger partial charge in [0.15, 0.2) is 17.8 Å². The molecule has 48 heavy (non-hydrogen) atoms. The van der Waals surface area contributed by atoms with Crippen LogP contribution in [0.2, 0.25) is 0 Å². The largest absolute Gasteiger partial charge is 0.487 e. The van der Waals surface area contributed by atoms with Gasteiger partial charge in [-0.15, -0.1) is 11.3 Å². The molecule has 3 aromatic rings. The zero-order valence-electron chi connectivity index (χ0n) is 43.8. The second-order valence-corrected chi connectivity index (χ2v) is 13.2. The molecule has 1 amide bonds. The summed E-state index contributed by atoms with van der Waals surface area (Å²) in [5.41, 5.74) is -0.0696. The van der Waals surface area contributed by atoms with E-state index in [4.69, 9.17) is 53.1 Å². The van der Waals surface area contributed by atoms with Gasteiger partial charge in [0.1, 0.15) is 21.1 Å². The number of ether oxygens (including phenoxy) is 6. The maximum absolute atomic E-state index is 14.6. The molecule has 3 aliphatic rings. The third-order valence-electron chi connectivity index (χ3n) is 6.94. The number of hydrogen-bond donors (Lipinski definition) is 2. The van der Waals surface area contributed by atoms with Crippen molar-refractivity contribution in [3.8, 4) is 17.2 Å². The van der Waals surface area contributed by atoms with Crippen LogP contribution in [-0.2, 0) is 37.2 Å². The Labute approximate surface area is 310 Å². The molecule has 0 unspecified atom stereocenters. The van der Waals surface area contributed by atoms with Crippen molar-refractivity contribution in [1.82, 2.24) is 14.6 Å². The number of fused-ring (bicyclic) bond motifs is 2. The second-order valence-electron chi connectivity index (χ2n) is 10.3. The number of aryl methyl sites for hydroxylation is 1. The Morgan fingerprint density at radius 1 is 1.27 bits per heavy atom. The fourth-order valence-corrected chi connectivity index (χ4v) is 6.40. The number of nitrogens with one attached hydrogen (secondary N) is 1. The number of benzene rings is 2. The molecule has 2 aromatic carbocycles. The fraction of sp³-hybridized carbons (Fsp3) is 0.515. The predicted octanol–water partition coefficient (Wildman–Crippen LogP) is 3.87. The first-order valence-electron chi connectivity index (χ1n) is 23.5. The van der Waals surface area contributed by atoms with Gasteiger partial charge in [0.05, 0.1) is 57.7 Å². The first kappa shape index (κ1) is 18.0. The molecule has 2 fully saturated rings. The van der Waals surface area contributed by atoms with Crippen LogP contribution in [0.3, 0.4) is 0 Å². The van der Waals surface area contributed by atoms with Crippen molar-refractivity contribution in [2.45, 2.75) is 69.4 Å². The fourth-order valence-electron chi connectivity index (χ4n) is 4.60. The van der Waals surface area contributed by atoms with E-state index in [-0.39, 0.29) is 22.8 Å². The van der Waals surface area contributed by atoms with Crippen LogP contribution in [0.5, 0.6) is 17.2 Å². The summed E-state index contributed by atoms with van der Waals surface area (Å²) in [7, 11) is -5.84. The third kappa shape index (κ3) is 8.21. The summed E-state index contributed by atoms with van der Waals surface area (Å²) in [4.78, 5) is 16.8. The van der Waals surface area contributed by atoms with Crippen molar-refractivity contribution >= 4 is 27.5 Å². The second kappa shape index (κ2) is 15.0. The minimum atomic E-state index is -5.84. The SMILES string of the molecule is [2H]C1([2H])C[C@@H]2[C@H](O1)OC([2H])([2H])[C@]2([2H])OC(=O)N[C@@H](Cc1ccc(OC([2H])([2H])c2csc(C)n2)cc1)[C@@]([2H])(O)CN(C([2H])([2H])C([2H])(C([2H])([2H])[2H])C([2H])([2H])[2H])S(=O)(=O)c1ccc2c(c1)OC([2H])([2H])O2. The molecule has 0 aliphatic carbocycles. The Morgan fingerprint density at radius 2 is 2.08 bits per heavy atom. The molecule has 0 bridgehead atoms. The van der Waals surface area contributed by atoms with Gasteiger partial charge in [-0.2, -0.15) is 4.31 Å². The topological polar surface area (TPSA) is 155 Å². The summed E-state index contributed by atoms with van der Waals surface area (Å²) < 4.78 is 216. The van der Waals surface area contributed by atoms with Crippen LogP contribution < -0.4 is 19.5 Å². The summed E-state index contributed by atoms with van der Waals surface area (Å²) >= 11 is 1.15. The van der Waals surface area contributed by atoms with Crippen LogP contribution in [0.15, 0.2) is 52.7 Å². The molecule has 0 spiro atoms. The Morgan fingerprint density at radius 3 is 2.85 bits per heavy atom. The Kier molecular flexibility index (Phi) is 5.60. The lowest BCUT2D eigenvalue weighted by Crippen LogP contribution is -2.51. The summed E-state index contributed by atoms with van der Waals surface area (Å²) in [5, 5.41) is 16.1. The molecule has 0 saturated carbocycles. The number of hydrogen-bond acceptors (Lipinski definition) is 12. The third-order valence-corrected chi connectivity index (χ3v) is 9.37. The quantitative estimate of drug-likeness (QED) is 0.249. The average Bonchev–Trinajstić information content (AvgIpc) is 3.87. The van der Waals surface area contributed by atoms with E-state index in [1.54, 1.807) is 6.92 Å². The summed E-state index contributed by atoms with van der Waals surface area (Å²) in [5.74, 6) is -7.15. The van der Waals surface area contributed by atoms with Crippen LogP contribution >= 0.6 is 11.3 Å². The average molecular weight is 723 g/mol. The molecule has 1 aromatic heterocycles. The van der Waals surface area contributed by atoms with Gasteiger partial charge < -0.3 is 38.8 Å². The standard InChI is InChI=1S/C33H41N3O10S2/c1-20(2)14-36(48(39,40)25-8-9-29-30(13-25)45-19-44-29)15-28(37)27(35-33(38)46-31-17-43-32-26(31)10-11-41-32)12-22-4-6-24(7-5-22)42-16-23-18-47-21(3)34-23/h4-9,13,18,20,26-28,31-32,37H,10-12,14-17,19H2,1-3H3,(H,35,38)/t26-,27-,28-,31-,32+/m0/s1/i1D3,2D3,11D2,14D2,16D2,17D2,19D2,20D,28D,31D. The van der Waals surface area contributed by atoms with E-state index < -0.39 is 133 Å². The number of thiazole rings is 1. The van der Waals surface area contributed by atoms with Crippen molar-refractivity contribution in [1.29, 1.82) is 0 Å². The smallest absolute Gasteiger partial charge is 0.407 e. The summed E-state index contributed by atoms with van der Waals surface area (Å²) in [6.07, 6.45) is -12.0. The lowest BCUT2D eigenvalue weighted by Gasteiger charge is -2.31. The van der Waals surface area contributed by atoms with E-state index in [1.165, 1.54) is 29.6 Å². The molecule has 2 N–H and O–H groups in total. The highest BCUT2D eigenvalue weighted by molar-refractivity contribution is 7.89. The summed E-state index contributed by atoms with van der Waals surface area (Å²) in [6.45, 7) is -24.3. The van der Waals surface area contributed by atoms with Crippen molar-refractivity contribution in [3.63, 3.8) is 0 Å². The van der Waals surface area contributed by atoms with E-state index in [1.807, 2.05) is 5.32 Å². The number of nitrogens with zero attached hydrogens (tertiary/aromatic N) is 2. The van der Waals surface area contributed by atoms with E-state index in [2.05, 4.69) is 4.98 Å². The van der Waals surface area contributed by atoms with Crippen LogP contribution in [0.25, 0.3) is 0 Å². The zero-order chi connectivity index (χ0) is 50.6. The lowest BCUT2D eigenvalue weighted by atomic mass is 10.0. The van der Waals surface area contributed by atoms with Crippen LogP contribution in [0.4, 0.5) is 4.79 Å². The van der Waals surface area contributed by atoms with Crippen molar-refractivity contribution in [3.05, 3.63) is 64.1 Å². The molecule has 5 atom stereocenters. The van der Waals surface area contributed by atoms with Crippen LogP contribution in [-0.4, -0.2) is 86.3 Å². The lowest BCUT2D eigenvalue weighted by molar-refractivity contribution is -0.0907. The van der Waals surface area contributed by atoms with Gasteiger partial charge in [-0.1, -0.05) is 25.8 Å². The Bertz CT molecular complexity index is 2460. The number of carbonyl (C=O) groups is 1. The molecule has 260 valence electrons. The molecule has 13 nitrogen and oxygen atoms in total. The van der Waals surface area contributed by atoms with Gasteiger partial charge in [-0.3, -0.25) is 0 Å². The van der Waals surface area contributed by atoms with Gasteiger partial charge in [0.25, 0.3) is 0 Å². The van der Waals surface area contributed by atoms with Gasteiger partial charge in [-0.05, 0) is 55.5 Å². The maximum Gasteiger partial charge on any atom is 0.407 e. The van der Waals surface area contributed by atoms with Crippen molar-refractivity contribution in [2.75, 3.05) is 32.9 Å². The van der Waals surface area contributed by atoms with Gasteiger partial charge in [0, 0.05) is 36.8 Å². The van der Waals surface area contributed by atoms with E-state index in [9.17, 15) is 19.7 Å². The van der Waals surface area contributed by atoms with Crippen LogP contribution in [0.1, 0.15) is 62.4 Å². The van der Waals surface area contributed by atoms with Crippen molar-refractivity contribution in [2.24, 2.45) is 11.8 Å². The number of aliphatic hydroxyl groups is 1. The Hall–Kier alpha value is -3.47. The molecule has 15 heteroatoms. The molecule has 3 aliphatic heterocycles. The first-order chi connectivity index (χ1) is 30.2. The van der Waals surface area contributed by atoms with E-state index in [0.29, 0.717) is 17.1 Å². The number of sulfonamides is 1. The zero-order valence-corrected chi connectivity index (χ0v) is 26.4. The minimum Gasteiger partial charge on any atom is -0.487 e. The van der Waals surface area contributed by atoms with Gasteiger partial charge in [0.2, 0.25) is 16.8 Å². The maximum atomic E-state index is 14.6. The molecule has 6 rings (SSSR count). The molecule has 4 heterocycles. The molecule has 2 saturated heterocycles. The molecular weight excluding hydrogens is 663 g/mol.